The molecule has 5 heteroatoms. The van der Waals surface area contributed by atoms with E-state index in [4.69, 9.17) is 4.74 Å². The van der Waals surface area contributed by atoms with E-state index in [-0.39, 0.29) is 25.2 Å². The molecular formula is C24H23N3O2. The van der Waals surface area contributed by atoms with E-state index >= 15 is 0 Å². The maximum atomic E-state index is 12.4. The van der Waals surface area contributed by atoms with Crippen molar-refractivity contribution < 1.29 is 9.53 Å². The van der Waals surface area contributed by atoms with Crippen molar-refractivity contribution in [2.75, 3.05) is 13.2 Å². The van der Waals surface area contributed by atoms with Gasteiger partial charge in [-0.05, 0) is 30.2 Å². The van der Waals surface area contributed by atoms with Crippen molar-refractivity contribution in [3.8, 4) is 17.6 Å². The smallest absolute Gasteiger partial charge is 0.316 e. The van der Waals surface area contributed by atoms with Crippen molar-refractivity contribution in [3.63, 3.8) is 0 Å². The molecule has 0 aliphatic carbocycles. The van der Waals surface area contributed by atoms with Crippen LogP contribution in [0.15, 0.2) is 79.0 Å². The van der Waals surface area contributed by atoms with Crippen LogP contribution in [0, 0.1) is 18.8 Å². The Kier molecular flexibility index (Phi) is 7.25. The molecule has 0 unspecified atom stereocenters. The molecule has 3 rings (SSSR count). The first-order chi connectivity index (χ1) is 14.2. The van der Waals surface area contributed by atoms with E-state index < -0.39 is 0 Å². The van der Waals surface area contributed by atoms with Crippen molar-refractivity contribution in [1.29, 1.82) is 0 Å². The Morgan fingerprint density at radius 2 is 1.62 bits per heavy atom. The minimum atomic E-state index is -0.277. The monoisotopic (exact) mass is 385 g/mol. The van der Waals surface area contributed by atoms with Crippen LogP contribution in [0.25, 0.3) is 0 Å². The molecule has 0 bridgehead atoms. The fraction of sp³-hybridized carbons (Fsp3) is 0.167. The Bertz CT molecular complexity index is 922. The Morgan fingerprint density at radius 3 is 2.21 bits per heavy atom. The standard InChI is InChI=1S/C24H23N3O2/c1-19-14-15-22(18-26-19)29-17-9-8-16-25-24(28)27-23(20-10-4-2-5-11-20)21-12-6-3-7-13-21/h2-7,10-15,18,23H,16-17H2,1H3,(H2,25,27,28). The average Bonchev–Trinajstić information content (AvgIpc) is 2.77. The maximum absolute atomic E-state index is 12.4. The van der Waals surface area contributed by atoms with Gasteiger partial charge in [-0.25, -0.2) is 4.79 Å². The number of nitrogens with zero attached hydrogens (tertiary/aromatic N) is 1. The summed E-state index contributed by atoms with van der Waals surface area (Å²) in [5, 5.41) is 5.78. The van der Waals surface area contributed by atoms with E-state index in [9.17, 15) is 4.79 Å². The van der Waals surface area contributed by atoms with Crippen molar-refractivity contribution in [2.45, 2.75) is 13.0 Å². The van der Waals surface area contributed by atoms with Gasteiger partial charge in [0.15, 0.2) is 0 Å². The Balaban J connectivity index is 1.50. The quantitative estimate of drug-likeness (QED) is 0.634. The second-order valence-corrected chi connectivity index (χ2v) is 6.36. The normalized spacial score (nSPS) is 10.0. The SMILES string of the molecule is Cc1ccc(OCC#CCNC(=O)NC(c2ccccc2)c2ccccc2)cn1. The van der Waals surface area contributed by atoms with E-state index in [1.807, 2.05) is 79.7 Å². The number of hydrogen-bond acceptors (Lipinski definition) is 3. The van der Waals surface area contributed by atoms with Crippen LogP contribution in [0.4, 0.5) is 4.79 Å². The molecule has 0 aliphatic rings. The number of carbonyl (C=O) groups is 1. The Hall–Kier alpha value is -3.78. The molecule has 0 atom stereocenters. The first-order valence-corrected chi connectivity index (χ1v) is 9.38. The molecule has 2 amide bonds. The van der Waals surface area contributed by atoms with Gasteiger partial charge >= 0.3 is 6.03 Å². The van der Waals surface area contributed by atoms with Gasteiger partial charge in [0, 0.05) is 5.69 Å². The zero-order valence-corrected chi connectivity index (χ0v) is 16.3. The number of carbonyl (C=O) groups excluding carboxylic acids is 1. The molecule has 2 N–H and O–H groups in total. The zero-order valence-electron chi connectivity index (χ0n) is 16.3. The number of aryl methyl sites for hydroxylation is 1. The van der Waals surface area contributed by atoms with Gasteiger partial charge in [-0.1, -0.05) is 72.5 Å². The third-order valence-electron chi connectivity index (χ3n) is 4.20. The van der Waals surface area contributed by atoms with Crippen LogP contribution in [0.2, 0.25) is 0 Å². The lowest BCUT2D eigenvalue weighted by Gasteiger charge is -2.19. The average molecular weight is 385 g/mol. The van der Waals surface area contributed by atoms with Gasteiger partial charge in [0.05, 0.1) is 18.8 Å². The molecule has 146 valence electrons. The number of hydrogen-bond donors (Lipinski definition) is 2. The summed E-state index contributed by atoms with van der Waals surface area (Å²) in [6.45, 7) is 2.39. The van der Waals surface area contributed by atoms with E-state index in [1.165, 1.54) is 0 Å². The summed E-state index contributed by atoms with van der Waals surface area (Å²) < 4.78 is 5.48. The van der Waals surface area contributed by atoms with Gasteiger partial charge in [0.25, 0.3) is 0 Å². The Labute approximate surface area is 171 Å². The summed E-state index contributed by atoms with van der Waals surface area (Å²) in [5.74, 6) is 6.43. The van der Waals surface area contributed by atoms with Crippen LogP contribution in [0.5, 0.6) is 5.75 Å². The van der Waals surface area contributed by atoms with Gasteiger partial charge in [-0.15, -0.1) is 0 Å². The molecular weight excluding hydrogens is 362 g/mol. The summed E-state index contributed by atoms with van der Waals surface area (Å²) in [6, 6.07) is 22.9. The van der Waals surface area contributed by atoms with Crippen molar-refractivity contribution >= 4 is 6.03 Å². The molecule has 2 aromatic carbocycles. The van der Waals surface area contributed by atoms with Crippen LogP contribution in [-0.4, -0.2) is 24.2 Å². The lowest BCUT2D eigenvalue weighted by atomic mass is 9.99. The van der Waals surface area contributed by atoms with Crippen LogP contribution in [-0.2, 0) is 0 Å². The topological polar surface area (TPSA) is 63.2 Å². The first kappa shape index (κ1) is 20.0. The van der Waals surface area contributed by atoms with E-state index in [2.05, 4.69) is 27.5 Å². The highest BCUT2D eigenvalue weighted by molar-refractivity contribution is 5.75. The van der Waals surface area contributed by atoms with E-state index in [1.54, 1.807) is 6.20 Å². The van der Waals surface area contributed by atoms with Crippen LogP contribution >= 0.6 is 0 Å². The fourth-order valence-electron chi connectivity index (χ4n) is 2.73. The van der Waals surface area contributed by atoms with Crippen molar-refractivity contribution in [2.24, 2.45) is 0 Å². The molecule has 3 aromatic rings. The highest BCUT2D eigenvalue weighted by Gasteiger charge is 2.15. The van der Waals surface area contributed by atoms with Crippen LogP contribution in [0.3, 0.4) is 0 Å². The predicted octanol–water partition coefficient (Wildman–Crippen LogP) is 3.86. The number of amides is 2. The van der Waals surface area contributed by atoms with Crippen LogP contribution < -0.4 is 15.4 Å². The fourth-order valence-corrected chi connectivity index (χ4v) is 2.73. The van der Waals surface area contributed by atoms with Crippen molar-refractivity contribution in [3.05, 3.63) is 95.8 Å². The molecule has 0 fully saturated rings. The van der Waals surface area contributed by atoms with Gasteiger partial charge in [-0.2, -0.15) is 0 Å². The number of benzene rings is 2. The van der Waals surface area contributed by atoms with Gasteiger partial charge in [-0.3, -0.25) is 4.98 Å². The van der Waals surface area contributed by atoms with Gasteiger partial charge in [0.2, 0.25) is 0 Å². The molecule has 1 heterocycles. The molecule has 0 radical (unpaired) electrons. The molecule has 0 saturated heterocycles. The molecule has 0 spiro atoms. The Morgan fingerprint density at radius 1 is 0.966 bits per heavy atom. The number of rotatable bonds is 6. The lowest BCUT2D eigenvalue weighted by molar-refractivity contribution is 0.240. The molecule has 0 saturated carbocycles. The highest BCUT2D eigenvalue weighted by atomic mass is 16.5. The molecule has 0 aliphatic heterocycles. The zero-order chi connectivity index (χ0) is 20.3. The second-order valence-electron chi connectivity index (χ2n) is 6.36. The highest BCUT2D eigenvalue weighted by Crippen LogP contribution is 2.21. The molecule has 29 heavy (non-hydrogen) atoms. The van der Waals surface area contributed by atoms with Gasteiger partial charge < -0.3 is 15.4 Å². The third-order valence-corrected chi connectivity index (χ3v) is 4.20. The minimum absolute atomic E-state index is 0.234. The summed E-state index contributed by atoms with van der Waals surface area (Å²) in [7, 11) is 0. The summed E-state index contributed by atoms with van der Waals surface area (Å²) in [6.07, 6.45) is 1.66. The first-order valence-electron chi connectivity index (χ1n) is 9.38. The number of aromatic nitrogens is 1. The third kappa shape index (κ3) is 6.40. The van der Waals surface area contributed by atoms with Crippen molar-refractivity contribution in [1.82, 2.24) is 15.6 Å². The predicted molar refractivity (Wildman–Crippen MR) is 114 cm³/mol. The summed E-state index contributed by atoms with van der Waals surface area (Å²) in [5.41, 5.74) is 2.96. The number of pyridine rings is 1. The lowest BCUT2D eigenvalue weighted by Crippen LogP contribution is -2.38. The summed E-state index contributed by atoms with van der Waals surface area (Å²) in [4.78, 5) is 16.5. The minimum Gasteiger partial charge on any atom is -0.479 e. The second kappa shape index (κ2) is 10.5. The maximum Gasteiger partial charge on any atom is 0.316 e. The number of nitrogens with one attached hydrogen (secondary N) is 2. The van der Waals surface area contributed by atoms with E-state index in [0.29, 0.717) is 5.75 Å². The van der Waals surface area contributed by atoms with Crippen LogP contribution in [0.1, 0.15) is 22.9 Å². The largest absolute Gasteiger partial charge is 0.479 e. The van der Waals surface area contributed by atoms with Gasteiger partial charge in [0.1, 0.15) is 12.4 Å². The number of ether oxygens (including phenoxy) is 1. The number of urea groups is 1. The molecule has 1 aromatic heterocycles. The van der Waals surface area contributed by atoms with E-state index in [0.717, 1.165) is 16.8 Å². The molecule has 5 nitrogen and oxygen atoms in total. The summed E-state index contributed by atoms with van der Waals surface area (Å²) >= 11 is 0.